The van der Waals surface area contributed by atoms with Crippen molar-refractivity contribution in [2.75, 3.05) is 13.7 Å². The summed E-state index contributed by atoms with van der Waals surface area (Å²) in [6.45, 7) is 0.0862. The van der Waals surface area contributed by atoms with E-state index in [4.69, 9.17) is 9.84 Å². The Labute approximate surface area is 129 Å². The Kier molecular flexibility index (Phi) is 5.73. The van der Waals surface area contributed by atoms with Crippen LogP contribution in [-0.2, 0) is 12.8 Å². The molecule has 0 aliphatic carbocycles. The molecular weight excluding hydrogens is 284 g/mol. The summed E-state index contributed by atoms with van der Waals surface area (Å²) in [5.41, 5.74) is 2.09. The molecule has 0 atom stereocenters. The molecule has 0 saturated carbocycles. The molecule has 0 amide bonds. The second kappa shape index (κ2) is 7.77. The third kappa shape index (κ3) is 4.55. The maximum absolute atomic E-state index is 8.81. The van der Waals surface area contributed by atoms with Gasteiger partial charge in [-0.05, 0) is 23.8 Å². The van der Waals surface area contributed by atoms with E-state index in [0.29, 0.717) is 6.42 Å². The Morgan fingerprint density at radius 2 is 2.29 bits per heavy atom. The summed E-state index contributed by atoms with van der Waals surface area (Å²) in [6.07, 6.45) is 4.32. The Hall–Kier alpha value is -1.90. The number of ether oxygens (including phenoxy) is 1. The lowest BCUT2D eigenvalue weighted by Crippen LogP contribution is -1.91. The summed E-state index contributed by atoms with van der Waals surface area (Å²) >= 11 is 1.71. The molecule has 0 saturated heterocycles. The average molecular weight is 302 g/mol. The van der Waals surface area contributed by atoms with Gasteiger partial charge in [-0.1, -0.05) is 11.8 Å². The van der Waals surface area contributed by atoms with Gasteiger partial charge < -0.3 is 9.84 Å². The van der Waals surface area contributed by atoms with Gasteiger partial charge in [0.2, 0.25) is 0 Å². The third-order valence-electron chi connectivity index (χ3n) is 2.85. The topological polar surface area (TPSA) is 47.3 Å². The molecule has 0 fully saturated rings. The van der Waals surface area contributed by atoms with E-state index in [9.17, 15) is 0 Å². The number of aliphatic hydroxyl groups excluding tert-OH is 1. The summed E-state index contributed by atoms with van der Waals surface area (Å²) in [5, 5.41) is 13.0. The van der Waals surface area contributed by atoms with Gasteiger partial charge in [0.05, 0.1) is 19.9 Å². The zero-order chi connectivity index (χ0) is 15.1. The van der Waals surface area contributed by atoms with E-state index in [1.807, 2.05) is 37.6 Å². The second-order valence-corrected chi connectivity index (χ2v) is 5.49. The number of nitrogens with zero attached hydrogens (tertiary/aromatic N) is 2. The van der Waals surface area contributed by atoms with Gasteiger partial charge in [-0.2, -0.15) is 5.10 Å². The summed E-state index contributed by atoms with van der Waals surface area (Å²) in [6, 6.07) is 5.87. The second-order valence-electron chi connectivity index (χ2n) is 4.44. The minimum atomic E-state index is 0.0862. The first-order valence-corrected chi connectivity index (χ1v) is 7.59. The number of aryl methyl sites for hydroxylation is 1. The highest BCUT2D eigenvalue weighted by molar-refractivity contribution is 7.98. The standard InChI is InChI=1S/C16H18N2O2S/c1-18-11-16(10-17-18)21-12-14-9-15(20-2)7-6-13(14)5-3-4-8-19/h6-7,9-11,19H,4,8,12H2,1-2H3. The fourth-order valence-electron chi connectivity index (χ4n) is 1.79. The zero-order valence-electron chi connectivity index (χ0n) is 12.2. The minimum absolute atomic E-state index is 0.0862. The highest BCUT2D eigenvalue weighted by Gasteiger charge is 2.05. The van der Waals surface area contributed by atoms with Crippen LogP contribution >= 0.6 is 11.8 Å². The number of thioether (sulfide) groups is 1. The van der Waals surface area contributed by atoms with Crippen molar-refractivity contribution < 1.29 is 9.84 Å². The number of hydrogen-bond donors (Lipinski definition) is 1. The third-order valence-corrected chi connectivity index (χ3v) is 3.85. The molecule has 0 aliphatic heterocycles. The van der Waals surface area contributed by atoms with E-state index in [-0.39, 0.29) is 6.61 Å². The molecule has 4 nitrogen and oxygen atoms in total. The maximum Gasteiger partial charge on any atom is 0.119 e. The zero-order valence-corrected chi connectivity index (χ0v) is 13.0. The first-order valence-electron chi connectivity index (χ1n) is 6.61. The van der Waals surface area contributed by atoms with Gasteiger partial charge in [-0.15, -0.1) is 11.8 Å². The van der Waals surface area contributed by atoms with Crippen LogP contribution in [0.5, 0.6) is 5.75 Å². The van der Waals surface area contributed by atoms with E-state index in [2.05, 4.69) is 16.9 Å². The van der Waals surface area contributed by atoms with Crippen molar-refractivity contribution in [1.82, 2.24) is 9.78 Å². The first-order chi connectivity index (χ1) is 10.2. The first kappa shape index (κ1) is 15.5. The van der Waals surface area contributed by atoms with Gasteiger partial charge in [0.15, 0.2) is 0 Å². The van der Waals surface area contributed by atoms with Crippen molar-refractivity contribution in [3.8, 4) is 17.6 Å². The molecular formula is C16H18N2O2S. The van der Waals surface area contributed by atoms with Gasteiger partial charge in [0.25, 0.3) is 0 Å². The van der Waals surface area contributed by atoms with E-state index in [1.54, 1.807) is 23.6 Å². The van der Waals surface area contributed by atoms with Crippen molar-refractivity contribution in [2.45, 2.75) is 17.1 Å². The van der Waals surface area contributed by atoms with E-state index < -0.39 is 0 Å². The molecule has 2 rings (SSSR count). The van der Waals surface area contributed by atoms with E-state index >= 15 is 0 Å². The van der Waals surface area contributed by atoms with Gasteiger partial charge >= 0.3 is 0 Å². The molecule has 0 spiro atoms. The predicted molar refractivity (Wildman–Crippen MR) is 84.3 cm³/mol. The molecule has 5 heteroatoms. The van der Waals surface area contributed by atoms with Gasteiger partial charge in [-0.3, -0.25) is 4.68 Å². The lowest BCUT2D eigenvalue weighted by molar-refractivity contribution is 0.305. The van der Waals surface area contributed by atoms with Crippen molar-refractivity contribution in [2.24, 2.45) is 7.05 Å². The highest BCUT2D eigenvalue weighted by atomic mass is 32.2. The van der Waals surface area contributed by atoms with Crippen LogP contribution in [-0.4, -0.2) is 28.6 Å². The molecule has 0 aliphatic rings. The molecule has 0 radical (unpaired) electrons. The van der Waals surface area contributed by atoms with Crippen LogP contribution in [0.3, 0.4) is 0 Å². The van der Waals surface area contributed by atoms with Crippen LogP contribution in [0.15, 0.2) is 35.5 Å². The summed E-state index contributed by atoms with van der Waals surface area (Å²) < 4.78 is 7.07. The van der Waals surface area contributed by atoms with Gasteiger partial charge in [0, 0.05) is 35.9 Å². The van der Waals surface area contributed by atoms with Crippen LogP contribution in [0, 0.1) is 11.8 Å². The van der Waals surface area contributed by atoms with E-state index in [0.717, 1.165) is 27.5 Å². The van der Waals surface area contributed by atoms with Crippen molar-refractivity contribution in [3.63, 3.8) is 0 Å². The summed E-state index contributed by atoms with van der Waals surface area (Å²) in [4.78, 5) is 1.12. The lowest BCUT2D eigenvalue weighted by atomic mass is 10.1. The largest absolute Gasteiger partial charge is 0.497 e. The SMILES string of the molecule is COc1ccc(C#CCCO)c(CSc2cnn(C)c2)c1. The Morgan fingerprint density at radius 1 is 1.43 bits per heavy atom. The molecule has 0 unspecified atom stereocenters. The molecule has 2 aromatic rings. The van der Waals surface area contributed by atoms with Crippen molar-refractivity contribution in [1.29, 1.82) is 0 Å². The predicted octanol–water partition coefficient (Wildman–Crippen LogP) is 2.45. The molecule has 1 aromatic carbocycles. The fourth-order valence-corrected chi connectivity index (χ4v) is 2.70. The lowest BCUT2D eigenvalue weighted by Gasteiger charge is -2.07. The number of benzene rings is 1. The highest BCUT2D eigenvalue weighted by Crippen LogP contribution is 2.26. The molecule has 1 N–H and O–H groups in total. The molecule has 0 bridgehead atoms. The molecule has 21 heavy (non-hydrogen) atoms. The Balaban J connectivity index is 2.16. The quantitative estimate of drug-likeness (QED) is 0.681. The average Bonchev–Trinajstić information content (AvgIpc) is 2.92. The van der Waals surface area contributed by atoms with Crippen LogP contribution in [0.2, 0.25) is 0 Å². The van der Waals surface area contributed by atoms with Crippen LogP contribution in [0.25, 0.3) is 0 Å². The monoisotopic (exact) mass is 302 g/mol. The van der Waals surface area contributed by atoms with Crippen molar-refractivity contribution >= 4 is 11.8 Å². The Morgan fingerprint density at radius 3 is 2.95 bits per heavy atom. The van der Waals surface area contributed by atoms with Crippen molar-refractivity contribution in [3.05, 3.63) is 41.7 Å². The van der Waals surface area contributed by atoms with E-state index in [1.165, 1.54) is 0 Å². The minimum Gasteiger partial charge on any atom is -0.497 e. The molecule has 110 valence electrons. The maximum atomic E-state index is 8.81. The number of aliphatic hydroxyl groups is 1. The number of hydrogen-bond acceptors (Lipinski definition) is 4. The van der Waals surface area contributed by atoms with Crippen LogP contribution < -0.4 is 4.74 Å². The number of methoxy groups -OCH3 is 1. The summed E-state index contributed by atoms with van der Waals surface area (Å²) in [5.74, 6) is 7.69. The smallest absolute Gasteiger partial charge is 0.119 e. The molecule has 1 aromatic heterocycles. The number of rotatable bonds is 5. The van der Waals surface area contributed by atoms with Crippen LogP contribution in [0.4, 0.5) is 0 Å². The Bertz CT molecular complexity index is 656. The van der Waals surface area contributed by atoms with Gasteiger partial charge in [-0.25, -0.2) is 0 Å². The van der Waals surface area contributed by atoms with Gasteiger partial charge in [0.1, 0.15) is 5.75 Å². The molecule has 1 heterocycles. The summed E-state index contributed by atoms with van der Waals surface area (Å²) in [7, 11) is 3.56. The fraction of sp³-hybridized carbons (Fsp3) is 0.312. The van der Waals surface area contributed by atoms with Crippen LogP contribution in [0.1, 0.15) is 17.5 Å². The normalized spacial score (nSPS) is 10.0. The number of aromatic nitrogens is 2.